The highest BCUT2D eigenvalue weighted by molar-refractivity contribution is 6.33. The third kappa shape index (κ3) is 3.74. The second kappa shape index (κ2) is 7.01. The van der Waals surface area contributed by atoms with Gasteiger partial charge in [-0.1, -0.05) is 30.7 Å². The number of methoxy groups -OCH3 is 1. The lowest BCUT2D eigenvalue weighted by atomic mass is 10.2. The third-order valence-corrected chi connectivity index (χ3v) is 2.73. The molecule has 3 nitrogen and oxygen atoms in total. The minimum absolute atomic E-state index is 0.232. The number of ether oxygens (including phenoxy) is 1. The average molecular weight is 272 g/mol. The number of carbonyl (C=O) groups excluding carboxylic acids is 1. The molecule has 0 amide bonds. The van der Waals surface area contributed by atoms with E-state index in [2.05, 4.69) is 10.1 Å². The molecular formula is C13H15ClFNO2. The summed E-state index contributed by atoms with van der Waals surface area (Å²) in [6.07, 6.45) is 2.22. The van der Waals surface area contributed by atoms with Crippen molar-refractivity contribution in [1.29, 1.82) is 0 Å². The molecule has 0 heterocycles. The van der Waals surface area contributed by atoms with Crippen molar-refractivity contribution in [3.63, 3.8) is 0 Å². The fourth-order valence-corrected chi connectivity index (χ4v) is 1.68. The maximum atomic E-state index is 13.4. The number of rotatable bonds is 5. The predicted molar refractivity (Wildman–Crippen MR) is 70.3 cm³/mol. The van der Waals surface area contributed by atoms with Crippen LogP contribution in [0.2, 0.25) is 5.02 Å². The minimum atomic E-state index is -0.424. The van der Waals surface area contributed by atoms with Gasteiger partial charge >= 0.3 is 5.97 Å². The van der Waals surface area contributed by atoms with Crippen LogP contribution in [0.15, 0.2) is 29.8 Å². The molecule has 0 saturated heterocycles. The van der Waals surface area contributed by atoms with Crippen LogP contribution in [-0.2, 0) is 9.53 Å². The number of halogens is 2. The summed E-state index contributed by atoms with van der Waals surface area (Å²) in [5.74, 6) is -0.800. The number of carbonyl (C=O) groups is 1. The third-order valence-electron chi connectivity index (χ3n) is 2.42. The van der Waals surface area contributed by atoms with Crippen molar-refractivity contribution in [2.75, 3.05) is 19.0 Å². The first-order valence-corrected chi connectivity index (χ1v) is 5.93. The van der Waals surface area contributed by atoms with Gasteiger partial charge in [0.2, 0.25) is 0 Å². The van der Waals surface area contributed by atoms with Crippen molar-refractivity contribution in [3.8, 4) is 0 Å². The van der Waals surface area contributed by atoms with E-state index in [-0.39, 0.29) is 11.7 Å². The number of benzene rings is 1. The molecule has 0 atom stereocenters. The van der Waals surface area contributed by atoms with Crippen LogP contribution in [0.5, 0.6) is 0 Å². The standard InChI is InChI=1S/C13H15ClFNO2/c1-3-9(13(17)18-2)7-8-16-12-10(14)5-4-6-11(12)15/h4-7,16H,3,8H2,1-2H3/b9-7-. The first-order chi connectivity index (χ1) is 8.60. The smallest absolute Gasteiger partial charge is 0.333 e. The number of esters is 1. The minimum Gasteiger partial charge on any atom is -0.466 e. The zero-order valence-electron chi connectivity index (χ0n) is 10.3. The zero-order chi connectivity index (χ0) is 13.5. The van der Waals surface area contributed by atoms with Crippen LogP contribution < -0.4 is 5.32 Å². The van der Waals surface area contributed by atoms with Crippen LogP contribution in [0.25, 0.3) is 0 Å². The molecule has 1 rings (SSSR count). The quantitative estimate of drug-likeness (QED) is 0.659. The van der Waals surface area contributed by atoms with E-state index in [1.165, 1.54) is 19.2 Å². The lowest BCUT2D eigenvalue weighted by Crippen LogP contribution is -2.08. The second-order valence-electron chi connectivity index (χ2n) is 3.55. The Labute approximate surface area is 111 Å². The van der Waals surface area contributed by atoms with E-state index < -0.39 is 5.82 Å². The fraction of sp³-hybridized carbons (Fsp3) is 0.308. The lowest BCUT2D eigenvalue weighted by molar-refractivity contribution is -0.136. The molecule has 0 bridgehead atoms. The van der Waals surface area contributed by atoms with Crippen LogP contribution in [-0.4, -0.2) is 19.6 Å². The van der Waals surface area contributed by atoms with E-state index in [0.717, 1.165) is 0 Å². The van der Waals surface area contributed by atoms with Gasteiger partial charge < -0.3 is 10.1 Å². The van der Waals surface area contributed by atoms with Crippen LogP contribution >= 0.6 is 11.6 Å². The van der Waals surface area contributed by atoms with Crippen molar-refractivity contribution in [3.05, 3.63) is 40.7 Å². The Kier molecular flexibility index (Phi) is 5.65. The van der Waals surface area contributed by atoms with Gasteiger partial charge in [0.25, 0.3) is 0 Å². The second-order valence-corrected chi connectivity index (χ2v) is 3.96. The van der Waals surface area contributed by atoms with Crippen LogP contribution in [0.3, 0.4) is 0 Å². The summed E-state index contributed by atoms with van der Waals surface area (Å²) in [6, 6.07) is 4.45. The summed E-state index contributed by atoms with van der Waals surface area (Å²) >= 11 is 5.85. The van der Waals surface area contributed by atoms with E-state index in [0.29, 0.717) is 23.6 Å². The molecule has 0 aliphatic carbocycles. The summed E-state index contributed by atoms with van der Waals surface area (Å²) in [7, 11) is 1.33. The van der Waals surface area contributed by atoms with E-state index in [9.17, 15) is 9.18 Å². The molecular weight excluding hydrogens is 257 g/mol. The van der Waals surface area contributed by atoms with Crippen LogP contribution in [0, 0.1) is 5.82 Å². The van der Waals surface area contributed by atoms with Crippen molar-refractivity contribution in [2.45, 2.75) is 13.3 Å². The first kappa shape index (κ1) is 14.5. The Hall–Kier alpha value is -1.55. The summed E-state index contributed by atoms with van der Waals surface area (Å²) in [5.41, 5.74) is 0.771. The van der Waals surface area contributed by atoms with E-state index in [1.807, 2.05) is 6.92 Å². The topological polar surface area (TPSA) is 38.3 Å². The van der Waals surface area contributed by atoms with Gasteiger partial charge in [-0.25, -0.2) is 9.18 Å². The number of hydrogen-bond donors (Lipinski definition) is 1. The monoisotopic (exact) mass is 271 g/mol. The first-order valence-electron chi connectivity index (χ1n) is 5.55. The molecule has 0 aliphatic rings. The summed E-state index contributed by atoms with van der Waals surface area (Å²) in [4.78, 5) is 11.3. The molecule has 0 spiro atoms. The van der Waals surface area contributed by atoms with E-state index >= 15 is 0 Å². The van der Waals surface area contributed by atoms with Gasteiger partial charge in [0.05, 0.1) is 17.8 Å². The lowest BCUT2D eigenvalue weighted by Gasteiger charge is -2.08. The Balaban J connectivity index is 2.71. The van der Waals surface area contributed by atoms with Gasteiger partial charge in [-0.3, -0.25) is 0 Å². The molecule has 1 aromatic carbocycles. The predicted octanol–water partition coefficient (Wildman–Crippen LogP) is 3.40. The summed E-state index contributed by atoms with van der Waals surface area (Å²) in [5, 5.41) is 3.14. The zero-order valence-corrected chi connectivity index (χ0v) is 11.1. The molecule has 0 aliphatic heterocycles. The maximum absolute atomic E-state index is 13.4. The molecule has 1 aromatic rings. The summed E-state index contributed by atoms with van der Waals surface area (Å²) in [6.45, 7) is 2.15. The number of para-hydroxylation sites is 1. The van der Waals surface area contributed by atoms with Gasteiger partial charge in [0.1, 0.15) is 5.82 Å². The van der Waals surface area contributed by atoms with Crippen molar-refractivity contribution < 1.29 is 13.9 Å². The average Bonchev–Trinajstić information content (AvgIpc) is 2.37. The molecule has 18 heavy (non-hydrogen) atoms. The molecule has 98 valence electrons. The summed E-state index contributed by atoms with van der Waals surface area (Å²) < 4.78 is 18.0. The highest BCUT2D eigenvalue weighted by Crippen LogP contribution is 2.24. The molecule has 0 unspecified atom stereocenters. The SMILES string of the molecule is CC/C(=C/CNc1c(F)cccc1Cl)C(=O)OC. The largest absolute Gasteiger partial charge is 0.466 e. The van der Waals surface area contributed by atoms with Crippen molar-refractivity contribution in [2.24, 2.45) is 0 Å². The highest BCUT2D eigenvalue weighted by atomic mass is 35.5. The molecule has 0 aromatic heterocycles. The molecule has 1 N–H and O–H groups in total. The molecule has 0 fully saturated rings. The highest BCUT2D eigenvalue weighted by Gasteiger charge is 2.08. The van der Waals surface area contributed by atoms with Gasteiger partial charge in [-0.05, 0) is 18.6 Å². The fourth-order valence-electron chi connectivity index (χ4n) is 1.45. The van der Waals surface area contributed by atoms with Crippen molar-refractivity contribution >= 4 is 23.3 Å². The molecule has 0 saturated carbocycles. The van der Waals surface area contributed by atoms with E-state index in [4.69, 9.17) is 11.6 Å². The Morgan fingerprint density at radius 3 is 2.83 bits per heavy atom. The molecule has 5 heteroatoms. The van der Waals surface area contributed by atoms with Crippen LogP contribution in [0.1, 0.15) is 13.3 Å². The Bertz CT molecular complexity index is 440. The number of anilines is 1. The van der Waals surface area contributed by atoms with Crippen molar-refractivity contribution in [1.82, 2.24) is 0 Å². The number of hydrogen-bond acceptors (Lipinski definition) is 3. The maximum Gasteiger partial charge on any atom is 0.333 e. The normalized spacial score (nSPS) is 11.2. The van der Waals surface area contributed by atoms with Crippen LogP contribution in [0.4, 0.5) is 10.1 Å². The molecule has 0 radical (unpaired) electrons. The Morgan fingerprint density at radius 1 is 1.56 bits per heavy atom. The van der Waals surface area contributed by atoms with Gasteiger partial charge in [-0.2, -0.15) is 0 Å². The van der Waals surface area contributed by atoms with E-state index in [1.54, 1.807) is 12.1 Å². The van der Waals surface area contributed by atoms with Gasteiger partial charge in [0, 0.05) is 12.1 Å². The Morgan fingerprint density at radius 2 is 2.28 bits per heavy atom. The number of nitrogens with one attached hydrogen (secondary N) is 1. The van der Waals surface area contributed by atoms with Gasteiger partial charge in [-0.15, -0.1) is 0 Å². The van der Waals surface area contributed by atoms with Gasteiger partial charge in [0.15, 0.2) is 0 Å².